The van der Waals surface area contributed by atoms with Gasteiger partial charge in [-0.3, -0.25) is 19.8 Å². The van der Waals surface area contributed by atoms with Crippen molar-refractivity contribution in [1.82, 2.24) is 20.1 Å². The Labute approximate surface area is 185 Å². The monoisotopic (exact) mass is 439 g/mol. The van der Waals surface area contributed by atoms with Crippen LogP contribution in [-0.2, 0) is 11.3 Å². The van der Waals surface area contributed by atoms with Crippen molar-refractivity contribution in [2.24, 2.45) is 0 Å². The SMILES string of the molecule is CC(C)(C)OC(=O)Nc1cc2ccccc2cc1C(=O)NCc1n[nH]c(=S)n1C1CC1. The summed E-state index contributed by atoms with van der Waals surface area (Å²) in [6.07, 6.45) is 1.50. The number of aromatic amines is 1. The van der Waals surface area contributed by atoms with Crippen LogP contribution in [0.25, 0.3) is 10.8 Å². The fraction of sp³-hybridized carbons (Fsp3) is 0.364. The first kappa shape index (κ1) is 21.0. The molecule has 3 aromatic rings. The number of ether oxygens (including phenoxy) is 1. The lowest BCUT2D eigenvalue weighted by molar-refractivity contribution is 0.0636. The van der Waals surface area contributed by atoms with E-state index in [1.807, 2.05) is 28.8 Å². The molecular formula is C22H25N5O3S. The lowest BCUT2D eigenvalue weighted by Crippen LogP contribution is -2.29. The van der Waals surface area contributed by atoms with Crippen LogP contribution in [0.3, 0.4) is 0 Å². The van der Waals surface area contributed by atoms with Gasteiger partial charge in [-0.1, -0.05) is 24.3 Å². The van der Waals surface area contributed by atoms with Gasteiger partial charge in [-0.05, 0) is 68.7 Å². The van der Waals surface area contributed by atoms with Gasteiger partial charge in [0, 0.05) is 6.04 Å². The van der Waals surface area contributed by atoms with Gasteiger partial charge in [-0.2, -0.15) is 5.10 Å². The van der Waals surface area contributed by atoms with Crippen LogP contribution in [-0.4, -0.2) is 32.4 Å². The van der Waals surface area contributed by atoms with E-state index >= 15 is 0 Å². The molecule has 0 bridgehead atoms. The third-order valence-electron chi connectivity index (χ3n) is 4.86. The smallest absolute Gasteiger partial charge is 0.412 e. The zero-order valence-corrected chi connectivity index (χ0v) is 18.5. The van der Waals surface area contributed by atoms with Crippen LogP contribution in [0.15, 0.2) is 36.4 Å². The average Bonchev–Trinajstić information content (AvgIpc) is 3.46. The third-order valence-corrected chi connectivity index (χ3v) is 5.15. The summed E-state index contributed by atoms with van der Waals surface area (Å²) in [5, 5.41) is 14.4. The van der Waals surface area contributed by atoms with Crippen molar-refractivity contribution in [1.29, 1.82) is 0 Å². The molecule has 31 heavy (non-hydrogen) atoms. The van der Waals surface area contributed by atoms with Gasteiger partial charge in [0.25, 0.3) is 5.91 Å². The zero-order valence-electron chi connectivity index (χ0n) is 17.7. The van der Waals surface area contributed by atoms with Crippen LogP contribution in [0.2, 0.25) is 0 Å². The molecule has 1 fully saturated rings. The maximum atomic E-state index is 13.1. The van der Waals surface area contributed by atoms with Crippen molar-refractivity contribution in [3.8, 4) is 0 Å². The highest BCUT2D eigenvalue weighted by atomic mass is 32.1. The normalized spacial score (nSPS) is 13.8. The molecule has 162 valence electrons. The first-order valence-corrected chi connectivity index (χ1v) is 10.6. The molecule has 2 amide bonds. The van der Waals surface area contributed by atoms with Crippen molar-refractivity contribution >= 4 is 40.7 Å². The molecule has 3 N–H and O–H groups in total. The van der Waals surface area contributed by atoms with E-state index in [-0.39, 0.29) is 12.5 Å². The highest BCUT2D eigenvalue weighted by Crippen LogP contribution is 2.35. The summed E-state index contributed by atoms with van der Waals surface area (Å²) in [4.78, 5) is 25.4. The van der Waals surface area contributed by atoms with Gasteiger partial charge >= 0.3 is 6.09 Å². The number of aromatic nitrogens is 3. The molecule has 0 unspecified atom stereocenters. The van der Waals surface area contributed by atoms with Crippen LogP contribution in [0.4, 0.5) is 10.5 Å². The van der Waals surface area contributed by atoms with Gasteiger partial charge in [0.1, 0.15) is 5.60 Å². The molecule has 0 aliphatic heterocycles. The van der Waals surface area contributed by atoms with Crippen molar-refractivity contribution in [3.05, 3.63) is 52.6 Å². The Hall–Kier alpha value is -3.20. The topological polar surface area (TPSA) is 101 Å². The molecule has 0 saturated heterocycles. The molecule has 1 aromatic heterocycles. The number of nitrogens with one attached hydrogen (secondary N) is 3. The molecular weight excluding hydrogens is 414 g/mol. The summed E-state index contributed by atoms with van der Waals surface area (Å²) in [5.41, 5.74) is 0.0740. The van der Waals surface area contributed by atoms with Gasteiger partial charge in [0.05, 0.1) is 17.8 Å². The Bertz CT molecular complexity index is 1200. The maximum Gasteiger partial charge on any atom is 0.412 e. The van der Waals surface area contributed by atoms with Crippen molar-refractivity contribution in [2.45, 2.75) is 51.8 Å². The number of carbonyl (C=O) groups excluding carboxylic acids is 2. The van der Waals surface area contributed by atoms with E-state index in [2.05, 4.69) is 20.8 Å². The van der Waals surface area contributed by atoms with Crippen LogP contribution < -0.4 is 10.6 Å². The summed E-state index contributed by atoms with van der Waals surface area (Å²) in [6, 6.07) is 11.5. The Balaban J connectivity index is 1.59. The number of rotatable bonds is 5. The zero-order chi connectivity index (χ0) is 22.2. The molecule has 2 aromatic carbocycles. The molecule has 1 heterocycles. The van der Waals surface area contributed by atoms with E-state index in [9.17, 15) is 9.59 Å². The minimum atomic E-state index is -0.651. The Morgan fingerprint density at radius 2 is 1.90 bits per heavy atom. The number of benzene rings is 2. The molecule has 1 saturated carbocycles. The predicted octanol–water partition coefficient (Wildman–Crippen LogP) is 4.71. The summed E-state index contributed by atoms with van der Waals surface area (Å²) < 4.78 is 7.87. The number of hydrogen-bond acceptors (Lipinski definition) is 5. The molecule has 4 rings (SSSR count). The van der Waals surface area contributed by atoms with Crippen molar-refractivity contribution < 1.29 is 14.3 Å². The number of anilines is 1. The van der Waals surface area contributed by atoms with Crippen LogP contribution in [0.1, 0.15) is 55.8 Å². The number of H-pyrrole nitrogens is 1. The van der Waals surface area contributed by atoms with Gasteiger partial charge in [0.15, 0.2) is 10.6 Å². The fourth-order valence-electron chi connectivity index (χ4n) is 3.37. The van der Waals surface area contributed by atoms with E-state index in [0.717, 1.165) is 23.6 Å². The highest BCUT2D eigenvalue weighted by Gasteiger charge is 2.27. The van der Waals surface area contributed by atoms with Crippen molar-refractivity contribution in [3.63, 3.8) is 0 Å². The van der Waals surface area contributed by atoms with E-state index in [1.165, 1.54) is 0 Å². The number of nitrogens with zero attached hydrogens (tertiary/aromatic N) is 2. The van der Waals surface area contributed by atoms with Gasteiger partial charge in [0.2, 0.25) is 0 Å². The summed E-state index contributed by atoms with van der Waals surface area (Å²) in [5.74, 6) is 0.358. The van der Waals surface area contributed by atoms with E-state index in [1.54, 1.807) is 32.9 Å². The van der Waals surface area contributed by atoms with Crippen LogP contribution in [0.5, 0.6) is 0 Å². The second-order valence-corrected chi connectivity index (χ2v) is 8.99. The number of carbonyl (C=O) groups is 2. The first-order valence-electron chi connectivity index (χ1n) is 10.2. The minimum Gasteiger partial charge on any atom is -0.444 e. The Kier molecular flexibility index (Phi) is 5.53. The number of hydrogen-bond donors (Lipinski definition) is 3. The molecule has 9 heteroatoms. The molecule has 1 aliphatic rings. The lowest BCUT2D eigenvalue weighted by atomic mass is 10.0. The first-order chi connectivity index (χ1) is 14.7. The molecule has 0 radical (unpaired) electrons. The second-order valence-electron chi connectivity index (χ2n) is 8.60. The second kappa shape index (κ2) is 8.14. The standard InChI is InChI=1S/C22H25N5O3S/c1-22(2,3)30-21(29)24-17-11-14-7-5-4-6-13(14)10-16(17)19(28)23-12-18-25-26-20(31)27(18)15-8-9-15/h4-7,10-11,15H,8-9,12H2,1-3H3,(H,23,28)(H,24,29)(H,26,31). The van der Waals surface area contributed by atoms with Crippen LogP contribution in [0, 0.1) is 4.77 Å². The lowest BCUT2D eigenvalue weighted by Gasteiger charge is -2.20. The van der Waals surface area contributed by atoms with Crippen LogP contribution >= 0.6 is 12.2 Å². The molecule has 1 aliphatic carbocycles. The summed E-state index contributed by atoms with van der Waals surface area (Å²) >= 11 is 5.30. The van der Waals surface area contributed by atoms with E-state index in [0.29, 0.717) is 27.9 Å². The van der Waals surface area contributed by atoms with Crippen molar-refractivity contribution in [2.75, 3.05) is 5.32 Å². The van der Waals surface area contributed by atoms with E-state index < -0.39 is 11.7 Å². The third kappa shape index (κ3) is 4.93. The number of fused-ring (bicyclic) bond motifs is 1. The molecule has 8 nitrogen and oxygen atoms in total. The average molecular weight is 440 g/mol. The van der Waals surface area contributed by atoms with Gasteiger partial charge < -0.3 is 10.1 Å². The quantitative estimate of drug-likeness (QED) is 0.500. The Morgan fingerprint density at radius 3 is 2.55 bits per heavy atom. The minimum absolute atomic E-state index is 0.223. The summed E-state index contributed by atoms with van der Waals surface area (Å²) in [6.45, 7) is 5.58. The molecule has 0 atom stereocenters. The van der Waals surface area contributed by atoms with E-state index in [4.69, 9.17) is 17.0 Å². The highest BCUT2D eigenvalue weighted by molar-refractivity contribution is 7.71. The Morgan fingerprint density at radius 1 is 1.23 bits per heavy atom. The predicted molar refractivity (Wildman–Crippen MR) is 121 cm³/mol. The van der Waals surface area contributed by atoms with Gasteiger partial charge in [-0.15, -0.1) is 0 Å². The largest absolute Gasteiger partial charge is 0.444 e. The number of amides is 2. The molecule has 0 spiro atoms. The van der Waals surface area contributed by atoms with Gasteiger partial charge in [-0.25, -0.2) is 4.79 Å². The maximum absolute atomic E-state index is 13.1. The summed E-state index contributed by atoms with van der Waals surface area (Å²) in [7, 11) is 0. The fourth-order valence-corrected chi connectivity index (χ4v) is 3.67.